The third kappa shape index (κ3) is 4.77. The van der Waals surface area contributed by atoms with Crippen LogP contribution in [-0.4, -0.2) is 0 Å². The monoisotopic (exact) mass is 230 g/mol. The maximum absolute atomic E-state index is 2.34. The molecule has 0 amide bonds. The minimum Gasteiger partial charge on any atom is -0.0841 e. The molecule has 0 unspecified atom stereocenters. The average molecular weight is 230 g/mol. The van der Waals surface area contributed by atoms with Crippen molar-refractivity contribution in [1.82, 2.24) is 0 Å². The molecule has 17 heavy (non-hydrogen) atoms. The minimum absolute atomic E-state index is 1.05. The van der Waals surface area contributed by atoms with Crippen LogP contribution in [0.2, 0.25) is 0 Å². The van der Waals surface area contributed by atoms with E-state index in [4.69, 9.17) is 0 Å². The topological polar surface area (TPSA) is 0 Å². The molecule has 1 aromatic carbocycles. The van der Waals surface area contributed by atoms with E-state index in [1.807, 2.05) is 0 Å². The van der Waals surface area contributed by atoms with Crippen LogP contribution in [0.5, 0.6) is 0 Å². The minimum atomic E-state index is 1.05. The Morgan fingerprint density at radius 2 is 1.76 bits per heavy atom. The summed E-state index contributed by atoms with van der Waals surface area (Å²) in [4.78, 5) is 0. The predicted octanol–water partition coefficient (Wildman–Crippen LogP) is 5.61. The Morgan fingerprint density at radius 3 is 2.18 bits per heavy atom. The van der Waals surface area contributed by atoms with Gasteiger partial charge in [0.2, 0.25) is 0 Å². The molecule has 0 saturated heterocycles. The maximum atomic E-state index is 2.34. The summed E-state index contributed by atoms with van der Waals surface area (Å²) in [6.45, 7) is 8.69. The van der Waals surface area contributed by atoms with Crippen LogP contribution in [0.3, 0.4) is 0 Å². The van der Waals surface area contributed by atoms with Gasteiger partial charge in [0.05, 0.1) is 0 Å². The van der Waals surface area contributed by atoms with Gasteiger partial charge < -0.3 is 0 Å². The van der Waals surface area contributed by atoms with E-state index in [9.17, 15) is 0 Å². The highest BCUT2D eigenvalue weighted by Crippen LogP contribution is 2.23. The normalized spacial score (nSPS) is 16.6. The van der Waals surface area contributed by atoms with E-state index >= 15 is 0 Å². The maximum Gasteiger partial charge on any atom is -0.0201 e. The van der Waals surface area contributed by atoms with Crippen molar-refractivity contribution in [2.75, 3.05) is 0 Å². The van der Waals surface area contributed by atoms with Gasteiger partial charge in [0.1, 0.15) is 0 Å². The van der Waals surface area contributed by atoms with Gasteiger partial charge >= 0.3 is 0 Å². The SMILES string of the molecule is C/C=C(/C)c1ccccc1C.CC1CCCC1. The number of aryl methyl sites for hydroxylation is 1. The van der Waals surface area contributed by atoms with Crippen molar-refractivity contribution in [2.24, 2.45) is 5.92 Å². The molecule has 1 fully saturated rings. The van der Waals surface area contributed by atoms with Crippen molar-refractivity contribution in [3.8, 4) is 0 Å². The van der Waals surface area contributed by atoms with Gasteiger partial charge in [-0.2, -0.15) is 0 Å². The largest absolute Gasteiger partial charge is 0.0841 e. The Kier molecular flexibility index (Phi) is 6.04. The quantitative estimate of drug-likeness (QED) is 0.588. The molecule has 0 spiro atoms. The third-order valence-electron chi connectivity index (χ3n) is 3.65. The van der Waals surface area contributed by atoms with Crippen LogP contribution in [0.4, 0.5) is 0 Å². The number of rotatable bonds is 1. The Bertz CT molecular complexity index is 354. The van der Waals surface area contributed by atoms with E-state index in [1.165, 1.54) is 42.4 Å². The van der Waals surface area contributed by atoms with Crippen molar-refractivity contribution >= 4 is 5.57 Å². The molecule has 0 atom stereocenters. The zero-order valence-corrected chi connectivity index (χ0v) is 11.8. The molecule has 0 N–H and O–H groups in total. The molecule has 0 heterocycles. The fourth-order valence-corrected chi connectivity index (χ4v) is 2.30. The van der Waals surface area contributed by atoms with Crippen molar-refractivity contribution in [2.45, 2.75) is 53.4 Å². The Morgan fingerprint density at radius 1 is 1.18 bits per heavy atom. The second-order valence-corrected chi connectivity index (χ2v) is 5.18. The van der Waals surface area contributed by atoms with Gasteiger partial charge in [-0.15, -0.1) is 0 Å². The molecule has 2 rings (SSSR count). The molecule has 0 bridgehead atoms. The molecular formula is C17H26. The predicted molar refractivity (Wildman–Crippen MR) is 78.1 cm³/mol. The van der Waals surface area contributed by atoms with Crippen molar-refractivity contribution < 1.29 is 0 Å². The number of allylic oxidation sites excluding steroid dienone is 2. The lowest BCUT2D eigenvalue weighted by molar-refractivity contribution is 0.612. The molecule has 0 radical (unpaired) electrons. The summed E-state index contributed by atoms with van der Waals surface area (Å²) in [7, 11) is 0. The second kappa shape index (κ2) is 7.32. The number of benzene rings is 1. The summed E-state index contributed by atoms with van der Waals surface area (Å²) >= 11 is 0. The number of hydrogen-bond donors (Lipinski definition) is 0. The third-order valence-corrected chi connectivity index (χ3v) is 3.65. The van der Waals surface area contributed by atoms with E-state index < -0.39 is 0 Å². The average Bonchev–Trinajstić information content (AvgIpc) is 2.81. The summed E-state index contributed by atoms with van der Waals surface area (Å²) in [6, 6.07) is 8.45. The van der Waals surface area contributed by atoms with Crippen molar-refractivity contribution in [3.63, 3.8) is 0 Å². The Labute approximate surface area is 107 Å². The standard InChI is InChI=1S/C11H14.C6H12/c1-4-9(2)11-8-6-5-7-10(11)3;1-6-4-2-3-5-6/h4-8H,1-3H3;6H,2-5H2,1H3/b9-4-;. The first-order valence-corrected chi connectivity index (χ1v) is 6.84. The lowest BCUT2D eigenvalue weighted by atomic mass is 10.0. The first-order chi connectivity index (χ1) is 8.15. The zero-order valence-electron chi connectivity index (χ0n) is 11.8. The van der Waals surface area contributed by atoms with Crippen molar-refractivity contribution in [1.29, 1.82) is 0 Å². The zero-order chi connectivity index (χ0) is 12.7. The van der Waals surface area contributed by atoms with Crippen molar-refractivity contribution in [3.05, 3.63) is 41.5 Å². The summed E-state index contributed by atoms with van der Waals surface area (Å²) < 4.78 is 0. The second-order valence-electron chi connectivity index (χ2n) is 5.18. The number of hydrogen-bond acceptors (Lipinski definition) is 0. The van der Waals surface area contributed by atoms with Crippen LogP contribution < -0.4 is 0 Å². The summed E-state index contributed by atoms with van der Waals surface area (Å²) in [5.74, 6) is 1.05. The molecule has 0 nitrogen and oxygen atoms in total. The molecule has 1 aliphatic carbocycles. The molecule has 1 aromatic rings. The smallest absolute Gasteiger partial charge is 0.0201 e. The lowest BCUT2D eigenvalue weighted by Gasteiger charge is -2.03. The van der Waals surface area contributed by atoms with E-state index in [1.54, 1.807) is 0 Å². The van der Waals surface area contributed by atoms with Gasteiger partial charge in [0.25, 0.3) is 0 Å². The highest BCUT2D eigenvalue weighted by Gasteiger charge is 2.07. The fourth-order valence-electron chi connectivity index (χ4n) is 2.30. The highest BCUT2D eigenvalue weighted by atomic mass is 14.1. The van der Waals surface area contributed by atoms with E-state index in [2.05, 4.69) is 58.0 Å². The van der Waals surface area contributed by atoms with Crippen LogP contribution in [0, 0.1) is 12.8 Å². The van der Waals surface area contributed by atoms with E-state index in [-0.39, 0.29) is 0 Å². The summed E-state index contributed by atoms with van der Waals surface area (Å²) in [6.07, 6.45) is 8.09. The van der Waals surface area contributed by atoms with Gasteiger partial charge in [-0.25, -0.2) is 0 Å². The first kappa shape index (κ1) is 14.0. The molecular weight excluding hydrogens is 204 g/mol. The van der Waals surface area contributed by atoms with Gasteiger partial charge in [0.15, 0.2) is 0 Å². The molecule has 1 aliphatic rings. The van der Waals surface area contributed by atoms with Crippen LogP contribution in [0.1, 0.15) is 57.6 Å². The van der Waals surface area contributed by atoms with Gasteiger partial charge in [-0.3, -0.25) is 0 Å². The van der Waals surface area contributed by atoms with Crippen LogP contribution in [0.25, 0.3) is 5.57 Å². The highest BCUT2D eigenvalue weighted by molar-refractivity contribution is 5.65. The first-order valence-electron chi connectivity index (χ1n) is 6.84. The van der Waals surface area contributed by atoms with Gasteiger partial charge in [-0.1, -0.05) is 62.9 Å². The molecule has 0 heteroatoms. The van der Waals surface area contributed by atoms with E-state index in [0.29, 0.717) is 0 Å². The fraction of sp³-hybridized carbons (Fsp3) is 0.529. The molecule has 1 saturated carbocycles. The van der Waals surface area contributed by atoms with Crippen LogP contribution in [0.15, 0.2) is 30.3 Å². The summed E-state index contributed by atoms with van der Waals surface area (Å²) in [5.41, 5.74) is 4.06. The summed E-state index contributed by atoms with van der Waals surface area (Å²) in [5, 5.41) is 0. The van der Waals surface area contributed by atoms with Crippen LogP contribution in [-0.2, 0) is 0 Å². The Hall–Kier alpha value is -1.04. The Balaban J connectivity index is 0.000000202. The van der Waals surface area contributed by atoms with Gasteiger partial charge in [-0.05, 0) is 43.4 Å². The lowest BCUT2D eigenvalue weighted by Crippen LogP contribution is -1.83. The van der Waals surface area contributed by atoms with Crippen LogP contribution >= 0.6 is 0 Å². The van der Waals surface area contributed by atoms with E-state index in [0.717, 1.165) is 5.92 Å². The molecule has 0 aliphatic heterocycles. The molecule has 94 valence electrons. The van der Waals surface area contributed by atoms with Gasteiger partial charge in [0, 0.05) is 0 Å². The molecule has 0 aromatic heterocycles.